The van der Waals surface area contributed by atoms with Crippen molar-refractivity contribution in [2.24, 2.45) is 5.73 Å². The molecule has 3 saturated heterocycles. The fourth-order valence-corrected chi connectivity index (χ4v) is 12.8. The van der Waals surface area contributed by atoms with E-state index in [9.17, 15) is 33.9 Å². The van der Waals surface area contributed by atoms with Crippen LogP contribution < -0.4 is 31.1 Å². The zero-order valence-electron chi connectivity index (χ0n) is 38.8. The Morgan fingerprint density at radius 1 is 0.814 bits per heavy atom. The van der Waals surface area contributed by atoms with E-state index >= 15 is 0 Å². The number of rotatable bonds is 10. The van der Waals surface area contributed by atoms with Crippen LogP contribution in [0.2, 0.25) is 0 Å². The Bertz CT molecular complexity index is 2990. The van der Waals surface area contributed by atoms with Gasteiger partial charge in [-0.3, -0.25) is 48.8 Å². The number of aliphatic hydroxyl groups excluding tert-OH is 1. The summed E-state index contributed by atoms with van der Waals surface area (Å²) in [6.07, 6.45) is 12.1. The van der Waals surface area contributed by atoms with E-state index in [2.05, 4.69) is 42.2 Å². The predicted octanol–water partition coefficient (Wildman–Crippen LogP) is 4.60. The summed E-state index contributed by atoms with van der Waals surface area (Å²) in [7, 11) is 0. The number of piperazine rings is 1. The number of imide groups is 2. The number of fused-ring (bicyclic) bond motifs is 4. The smallest absolute Gasteiger partial charge is 0.269 e. The van der Waals surface area contributed by atoms with E-state index in [1.54, 1.807) is 46.7 Å². The van der Waals surface area contributed by atoms with Crippen molar-refractivity contribution < 1.29 is 33.9 Å². The molecule has 5 N–H and O–H groups in total. The Hall–Kier alpha value is -7.09. The van der Waals surface area contributed by atoms with Gasteiger partial charge in [0.05, 0.1) is 40.2 Å². The van der Waals surface area contributed by atoms with Gasteiger partial charge in [-0.25, -0.2) is 15.0 Å². The molecule has 1 aliphatic carbocycles. The SMILES string of the molecule is C[C@H]1CN(C2CCN(c3ccc4c(c3)C(=O)N(C3CCC(=O)NC3=O)C4=O)CC2)CCN1c1ccc(Nc2cc(-c3ccnc(N4CCc5c(sc6c5CCCC6)C4=O)c3CO)cnc2C(N)=O)nc1. The molecule has 6 amide bonds. The lowest BCUT2D eigenvalue weighted by Crippen LogP contribution is -2.57. The number of benzene rings is 1. The molecular formula is C51H53N11O7S. The Morgan fingerprint density at radius 2 is 1.61 bits per heavy atom. The van der Waals surface area contributed by atoms with Gasteiger partial charge < -0.3 is 26.0 Å². The maximum Gasteiger partial charge on any atom is 0.269 e. The molecular weight excluding hydrogens is 911 g/mol. The van der Waals surface area contributed by atoms with Crippen LogP contribution in [0.25, 0.3) is 11.1 Å². The summed E-state index contributed by atoms with van der Waals surface area (Å²) in [5.41, 5.74) is 12.8. The molecule has 0 bridgehead atoms. The number of primary amides is 1. The number of carbonyl (C=O) groups excluding carboxylic acids is 6. The quantitative estimate of drug-likeness (QED) is 0.141. The summed E-state index contributed by atoms with van der Waals surface area (Å²) < 4.78 is 0. The molecule has 2 atom stereocenters. The second-order valence-electron chi connectivity index (χ2n) is 19.0. The van der Waals surface area contributed by atoms with Gasteiger partial charge in [-0.05, 0) is 117 Å². The van der Waals surface area contributed by atoms with Crippen molar-refractivity contribution in [1.82, 2.24) is 30.1 Å². The van der Waals surface area contributed by atoms with Gasteiger partial charge in [0.1, 0.15) is 17.7 Å². The molecule has 4 aromatic heterocycles. The van der Waals surface area contributed by atoms with Gasteiger partial charge >= 0.3 is 0 Å². The average Bonchev–Trinajstić information content (AvgIpc) is 3.87. The molecule has 5 aromatic rings. The van der Waals surface area contributed by atoms with E-state index in [-0.39, 0.29) is 48.2 Å². The number of pyridine rings is 3. The van der Waals surface area contributed by atoms with Gasteiger partial charge in [-0.1, -0.05) is 0 Å². The van der Waals surface area contributed by atoms with Crippen LogP contribution >= 0.6 is 11.3 Å². The highest BCUT2D eigenvalue weighted by Gasteiger charge is 2.45. The maximum absolute atomic E-state index is 14.0. The Morgan fingerprint density at radius 3 is 2.37 bits per heavy atom. The van der Waals surface area contributed by atoms with Gasteiger partial charge in [0, 0.05) is 91.9 Å². The number of carbonyl (C=O) groups is 6. The van der Waals surface area contributed by atoms with E-state index in [0.29, 0.717) is 46.6 Å². The van der Waals surface area contributed by atoms with Gasteiger partial charge in [0.2, 0.25) is 11.8 Å². The van der Waals surface area contributed by atoms with Crippen molar-refractivity contribution >= 4 is 75.5 Å². The summed E-state index contributed by atoms with van der Waals surface area (Å²) in [4.78, 5) is 103. The highest BCUT2D eigenvalue weighted by Crippen LogP contribution is 2.41. The first-order chi connectivity index (χ1) is 33.9. The van der Waals surface area contributed by atoms with Crippen LogP contribution in [0, 0.1) is 0 Å². The minimum atomic E-state index is -0.997. The lowest BCUT2D eigenvalue weighted by atomic mass is 9.92. The monoisotopic (exact) mass is 963 g/mol. The predicted molar refractivity (Wildman–Crippen MR) is 262 cm³/mol. The number of piperidine rings is 2. The highest BCUT2D eigenvalue weighted by molar-refractivity contribution is 7.14. The van der Waals surface area contributed by atoms with Crippen LogP contribution in [0.5, 0.6) is 0 Å². The van der Waals surface area contributed by atoms with Crippen molar-refractivity contribution in [3.8, 4) is 11.1 Å². The lowest BCUT2D eigenvalue weighted by Gasteiger charge is -2.46. The van der Waals surface area contributed by atoms with Crippen molar-refractivity contribution in [3.05, 3.63) is 104 Å². The number of aryl methyl sites for hydroxylation is 1. The van der Waals surface area contributed by atoms with Gasteiger partial charge in [-0.2, -0.15) is 0 Å². The largest absolute Gasteiger partial charge is 0.392 e. The van der Waals surface area contributed by atoms with E-state index in [4.69, 9.17) is 10.7 Å². The minimum absolute atomic E-state index is 0.0303. The molecule has 360 valence electrons. The van der Waals surface area contributed by atoms with Gasteiger partial charge in [-0.15, -0.1) is 11.3 Å². The molecule has 1 unspecified atom stereocenters. The second kappa shape index (κ2) is 18.3. The minimum Gasteiger partial charge on any atom is -0.392 e. The first-order valence-corrected chi connectivity index (χ1v) is 25.0. The average molecular weight is 964 g/mol. The van der Waals surface area contributed by atoms with Crippen molar-refractivity contribution in [1.29, 1.82) is 0 Å². The molecule has 5 aliphatic heterocycles. The Labute approximate surface area is 407 Å². The summed E-state index contributed by atoms with van der Waals surface area (Å²) in [5, 5.41) is 16.3. The summed E-state index contributed by atoms with van der Waals surface area (Å²) in [6.45, 7) is 6.43. The van der Waals surface area contributed by atoms with Gasteiger partial charge in [0.15, 0.2) is 5.69 Å². The number of amides is 6. The van der Waals surface area contributed by atoms with Crippen LogP contribution in [-0.2, 0) is 35.5 Å². The van der Waals surface area contributed by atoms with E-state index in [0.717, 1.165) is 98.8 Å². The van der Waals surface area contributed by atoms with E-state index < -0.39 is 35.6 Å². The molecule has 0 saturated carbocycles. The zero-order chi connectivity index (χ0) is 48.4. The fourth-order valence-electron chi connectivity index (χ4n) is 11.4. The Kier molecular flexibility index (Phi) is 11.9. The van der Waals surface area contributed by atoms with Crippen LogP contribution in [0.4, 0.5) is 28.7 Å². The molecule has 1 aromatic carbocycles. The molecule has 0 spiro atoms. The highest BCUT2D eigenvalue weighted by atomic mass is 32.1. The summed E-state index contributed by atoms with van der Waals surface area (Å²) in [5.74, 6) is -1.95. The third-order valence-electron chi connectivity index (χ3n) is 15.0. The normalized spacial score (nSPS) is 20.9. The molecule has 9 heterocycles. The molecule has 19 heteroatoms. The number of thiophene rings is 1. The first-order valence-electron chi connectivity index (χ1n) is 24.1. The third kappa shape index (κ3) is 8.04. The summed E-state index contributed by atoms with van der Waals surface area (Å²) >= 11 is 1.60. The second-order valence-corrected chi connectivity index (χ2v) is 20.1. The topological polar surface area (TPSA) is 228 Å². The zero-order valence-corrected chi connectivity index (χ0v) is 39.6. The number of nitrogens with two attached hydrogens (primary N) is 1. The molecule has 18 nitrogen and oxygen atoms in total. The third-order valence-corrected chi connectivity index (χ3v) is 16.3. The van der Waals surface area contributed by atoms with E-state index in [1.807, 2.05) is 24.4 Å². The van der Waals surface area contributed by atoms with Gasteiger partial charge in [0.25, 0.3) is 23.6 Å². The number of nitrogens with one attached hydrogen (secondary N) is 2. The van der Waals surface area contributed by atoms with Crippen molar-refractivity contribution in [2.45, 2.75) is 89.4 Å². The Balaban J connectivity index is 0.726. The molecule has 70 heavy (non-hydrogen) atoms. The number of nitrogens with zero attached hydrogens (tertiary/aromatic N) is 8. The van der Waals surface area contributed by atoms with Crippen LogP contribution in [0.15, 0.2) is 61.1 Å². The number of aromatic nitrogens is 3. The summed E-state index contributed by atoms with van der Waals surface area (Å²) in [6, 6.07) is 12.3. The van der Waals surface area contributed by atoms with Crippen LogP contribution in [0.1, 0.15) is 108 Å². The first kappa shape index (κ1) is 45.4. The number of anilines is 5. The van der Waals surface area contributed by atoms with Crippen molar-refractivity contribution in [3.63, 3.8) is 0 Å². The van der Waals surface area contributed by atoms with Crippen molar-refractivity contribution in [2.75, 3.05) is 59.3 Å². The molecule has 6 aliphatic rings. The maximum atomic E-state index is 14.0. The van der Waals surface area contributed by atoms with E-state index in [1.165, 1.54) is 22.2 Å². The number of hydrogen-bond acceptors (Lipinski definition) is 15. The molecule has 11 rings (SSSR count). The number of aliphatic hydroxyl groups is 1. The number of hydrogen-bond donors (Lipinski definition) is 4. The molecule has 0 radical (unpaired) electrons. The lowest BCUT2D eigenvalue weighted by molar-refractivity contribution is -0.136. The van der Waals surface area contributed by atoms with Crippen LogP contribution in [0.3, 0.4) is 0 Å². The molecule has 3 fully saturated rings. The standard InChI is InChI=1S/C51H53N11O7S/c1-28-26-59(30-13-17-58(18-14-30)31-6-8-36-37(23-31)50(68)62(49(36)67)40-9-11-43(64)57-48(40)66)20-21-60(28)32-7-10-42(54-25-32)56-39-22-29(24-55-44(39)46(52)65)33-12-16-53-47(38(33)27-63)61-19-15-35-34-4-2-3-5-41(34)70-45(35)51(61)69/h6-8,10,12,16,22-25,28,30,40,63H,2-5,9,11,13-15,17-21,26-27H2,1H3,(H2,52,65)(H,54,56)(H,57,64,66)/t28-,40?/m0/s1. The fraction of sp³-hybridized carbons (Fsp3) is 0.392. The van der Waals surface area contributed by atoms with Crippen LogP contribution in [-0.4, -0.2) is 123 Å².